The van der Waals surface area contributed by atoms with Gasteiger partial charge in [0.15, 0.2) is 0 Å². The summed E-state index contributed by atoms with van der Waals surface area (Å²) in [7, 11) is -3.41. The first kappa shape index (κ1) is 8.78. The van der Waals surface area contributed by atoms with Crippen molar-refractivity contribution < 1.29 is 8.76 Å². The number of rotatable bonds is 0. The first-order valence-corrected chi connectivity index (χ1v) is 6.46. The van der Waals surface area contributed by atoms with Crippen LogP contribution in [0.3, 0.4) is 0 Å². The summed E-state index contributed by atoms with van der Waals surface area (Å²) in [4.78, 5) is 0. The molecule has 62 valence electrons. The number of halogens is 2. The van der Waals surface area contributed by atoms with Gasteiger partial charge in [0.2, 0.25) is 0 Å². The Bertz CT molecular complexity index is 194. The van der Waals surface area contributed by atoms with Crippen LogP contribution in [0.5, 0.6) is 0 Å². The second-order valence-corrected chi connectivity index (χ2v) is 8.25. The third-order valence-corrected chi connectivity index (χ3v) is 5.40. The van der Waals surface area contributed by atoms with E-state index in [-0.39, 0.29) is 22.3 Å². The van der Waals surface area contributed by atoms with Gasteiger partial charge in [-0.25, -0.2) is 4.21 Å². The molecule has 5 heteroatoms. The maximum atomic E-state index is 11.4. The summed E-state index contributed by atoms with van der Waals surface area (Å²) >= 11 is 11.3. The van der Waals surface area contributed by atoms with Crippen molar-refractivity contribution in [3.63, 3.8) is 0 Å². The summed E-state index contributed by atoms with van der Waals surface area (Å²) in [5.74, 6) is 0.264. The molecule has 0 aromatic heterocycles. The highest BCUT2D eigenvalue weighted by Crippen LogP contribution is 2.34. The van der Waals surface area contributed by atoms with Crippen LogP contribution in [0.2, 0.25) is 0 Å². The van der Waals surface area contributed by atoms with Crippen LogP contribution in [0.4, 0.5) is 0 Å². The van der Waals surface area contributed by atoms with Crippen LogP contribution in [-0.2, 0) is 9.35 Å². The molecule has 1 aliphatic heterocycles. The summed E-state index contributed by atoms with van der Waals surface area (Å²) < 4.78 is 20.8. The molecule has 0 aromatic rings. The van der Waals surface area contributed by atoms with E-state index in [9.17, 15) is 8.76 Å². The minimum Gasteiger partial charge on any atom is -0.303 e. The molecule has 2 atom stereocenters. The molecule has 0 spiro atoms. The lowest BCUT2D eigenvalue weighted by molar-refractivity contribution is 0.527. The van der Waals surface area contributed by atoms with E-state index in [0.717, 1.165) is 0 Å². The Hall–Kier alpha value is 0.690. The van der Waals surface area contributed by atoms with E-state index in [2.05, 4.69) is 0 Å². The molecular formula is C5H10Cl2O2S. The summed E-state index contributed by atoms with van der Waals surface area (Å²) in [6.07, 6.45) is 1.34. The van der Waals surface area contributed by atoms with Crippen LogP contribution in [0, 0.1) is 0 Å². The second kappa shape index (κ2) is 2.09. The number of alkyl halides is 2. The monoisotopic (exact) mass is 204 g/mol. The van der Waals surface area contributed by atoms with Gasteiger partial charge in [0.25, 0.3) is 0 Å². The predicted molar refractivity (Wildman–Crippen MR) is 45.7 cm³/mol. The third kappa shape index (κ3) is 1.84. The van der Waals surface area contributed by atoms with E-state index in [1.165, 1.54) is 6.26 Å². The maximum Gasteiger partial charge on any atom is 0.0682 e. The largest absolute Gasteiger partial charge is 0.303 e. The van der Waals surface area contributed by atoms with Crippen LogP contribution >= 0.6 is 23.2 Å². The lowest BCUT2D eigenvalue weighted by Gasteiger charge is -2.32. The fourth-order valence-corrected chi connectivity index (χ4v) is 5.65. The standard InChI is InChI=1S/C5H10Cl2O2S/c1-10(8,9)2-4(6)5(7)3-10/h4-5H,2-3H2,1H3,(H,8,9). The quantitative estimate of drug-likeness (QED) is 0.602. The molecule has 0 aliphatic carbocycles. The molecule has 0 radical (unpaired) electrons. The second-order valence-electron chi connectivity index (χ2n) is 3.06. The molecule has 0 aromatic carbocycles. The van der Waals surface area contributed by atoms with Gasteiger partial charge in [0, 0.05) is 6.26 Å². The summed E-state index contributed by atoms with van der Waals surface area (Å²) in [5, 5.41) is -0.702. The molecule has 1 fully saturated rings. The fourth-order valence-electron chi connectivity index (χ4n) is 1.09. The fraction of sp³-hybridized carbons (Fsp3) is 1.00. The first-order valence-electron chi connectivity index (χ1n) is 2.92. The summed E-state index contributed by atoms with van der Waals surface area (Å²) in [6.45, 7) is 0. The molecule has 0 amide bonds. The Kier molecular flexibility index (Phi) is 1.84. The van der Waals surface area contributed by atoms with Gasteiger partial charge in [-0.3, -0.25) is 0 Å². The van der Waals surface area contributed by atoms with Gasteiger partial charge >= 0.3 is 0 Å². The zero-order valence-electron chi connectivity index (χ0n) is 5.59. The van der Waals surface area contributed by atoms with E-state index < -0.39 is 9.35 Å². The average molecular weight is 205 g/mol. The van der Waals surface area contributed by atoms with Gasteiger partial charge in [-0.05, 0) is 0 Å². The topological polar surface area (TPSA) is 37.3 Å². The van der Waals surface area contributed by atoms with Crippen molar-refractivity contribution in [3.05, 3.63) is 0 Å². The highest BCUT2D eigenvalue weighted by atomic mass is 35.5. The molecule has 2 nitrogen and oxygen atoms in total. The van der Waals surface area contributed by atoms with Crippen LogP contribution in [0.15, 0.2) is 0 Å². The van der Waals surface area contributed by atoms with Crippen molar-refractivity contribution in [2.45, 2.75) is 10.8 Å². The van der Waals surface area contributed by atoms with E-state index in [1.807, 2.05) is 0 Å². The van der Waals surface area contributed by atoms with Crippen molar-refractivity contribution in [3.8, 4) is 0 Å². The van der Waals surface area contributed by atoms with Gasteiger partial charge in [-0.1, -0.05) is 0 Å². The molecule has 0 saturated carbocycles. The Morgan fingerprint density at radius 1 is 1.40 bits per heavy atom. The molecule has 1 saturated heterocycles. The van der Waals surface area contributed by atoms with Crippen molar-refractivity contribution in [1.82, 2.24) is 0 Å². The number of hydrogen-bond acceptors (Lipinski definition) is 1. The predicted octanol–water partition coefficient (Wildman–Crippen LogP) is 1.14. The summed E-state index contributed by atoms with van der Waals surface area (Å²) in [6, 6.07) is 0. The molecule has 1 aliphatic rings. The van der Waals surface area contributed by atoms with Crippen LogP contribution in [-0.4, -0.2) is 37.3 Å². The smallest absolute Gasteiger partial charge is 0.0682 e. The van der Waals surface area contributed by atoms with Crippen molar-refractivity contribution in [2.24, 2.45) is 0 Å². The van der Waals surface area contributed by atoms with Crippen molar-refractivity contribution in [2.75, 3.05) is 17.8 Å². The van der Waals surface area contributed by atoms with Gasteiger partial charge in [0.1, 0.15) is 0 Å². The maximum absolute atomic E-state index is 11.4. The zero-order chi connectivity index (χ0) is 8.02. The Morgan fingerprint density at radius 2 is 1.70 bits per heavy atom. The minimum absolute atomic E-state index is 0.132. The third-order valence-electron chi connectivity index (χ3n) is 1.57. The Morgan fingerprint density at radius 3 is 1.80 bits per heavy atom. The average Bonchev–Trinajstić information content (AvgIpc) is 1.74. The Labute approximate surface area is 70.1 Å². The molecule has 10 heavy (non-hydrogen) atoms. The molecule has 0 bridgehead atoms. The molecule has 1 N–H and O–H groups in total. The molecule has 1 heterocycles. The molecular weight excluding hydrogens is 195 g/mol. The normalized spacial score (nSPS) is 47.8. The van der Waals surface area contributed by atoms with Crippen LogP contribution < -0.4 is 0 Å². The molecule has 2 unspecified atom stereocenters. The highest BCUT2D eigenvalue weighted by Gasteiger charge is 2.40. The highest BCUT2D eigenvalue weighted by molar-refractivity contribution is 8.14. The van der Waals surface area contributed by atoms with E-state index in [0.29, 0.717) is 0 Å². The SMILES string of the molecule is CS1(=O)(O)CC(Cl)C(Cl)C1. The van der Waals surface area contributed by atoms with Gasteiger partial charge in [-0.2, -0.15) is 9.35 Å². The van der Waals surface area contributed by atoms with Gasteiger partial charge in [-0.15, -0.1) is 23.2 Å². The van der Waals surface area contributed by atoms with Gasteiger partial charge < -0.3 is 4.55 Å². The van der Waals surface area contributed by atoms with Crippen LogP contribution in [0.25, 0.3) is 0 Å². The zero-order valence-corrected chi connectivity index (χ0v) is 7.92. The van der Waals surface area contributed by atoms with E-state index in [4.69, 9.17) is 23.2 Å². The van der Waals surface area contributed by atoms with E-state index >= 15 is 0 Å². The summed E-state index contributed by atoms with van der Waals surface area (Å²) in [5.41, 5.74) is 0. The first-order chi connectivity index (χ1) is 4.28. The van der Waals surface area contributed by atoms with Crippen molar-refractivity contribution in [1.29, 1.82) is 0 Å². The van der Waals surface area contributed by atoms with Gasteiger partial charge in [0.05, 0.1) is 22.3 Å². The minimum atomic E-state index is -3.41. The van der Waals surface area contributed by atoms with Crippen LogP contribution in [0.1, 0.15) is 0 Å². The van der Waals surface area contributed by atoms with E-state index in [1.54, 1.807) is 0 Å². The molecule has 1 rings (SSSR count). The lowest BCUT2D eigenvalue weighted by Crippen LogP contribution is -2.33. The van der Waals surface area contributed by atoms with Crippen molar-refractivity contribution >= 4 is 32.5 Å². The number of hydrogen-bond donors (Lipinski definition) is 1. The Balaban J connectivity index is 2.85. The lowest BCUT2D eigenvalue weighted by atomic mass is 10.4.